The van der Waals surface area contributed by atoms with E-state index in [0.29, 0.717) is 36.8 Å². The summed E-state index contributed by atoms with van der Waals surface area (Å²) in [6.45, 7) is 3.47. The Bertz CT molecular complexity index is 883. The second-order valence-electron chi connectivity index (χ2n) is 7.33. The highest BCUT2D eigenvalue weighted by Crippen LogP contribution is 2.25. The maximum atomic E-state index is 13.0. The van der Waals surface area contributed by atoms with E-state index in [0.717, 1.165) is 25.1 Å². The number of benzene rings is 1. The first-order chi connectivity index (χ1) is 13.5. The van der Waals surface area contributed by atoms with E-state index >= 15 is 0 Å². The zero-order valence-corrected chi connectivity index (χ0v) is 16.7. The molecule has 4 rings (SSSR count). The number of aryl methyl sites for hydroxylation is 1. The highest BCUT2D eigenvalue weighted by Gasteiger charge is 2.38. The Morgan fingerprint density at radius 2 is 1.96 bits per heavy atom. The summed E-state index contributed by atoms with van der Waals surface area (Å²) in [6.07, 6.45) is 5.23. The van der Waals surface area contributed by atoms with Crippen molar-refractivity contribution in [3.63, 3.8) is 0 Å². The van der Waals surface area contributed by atoms with Crippen molar-refractivity contribution in [1.29, 1.82) is 0 Å². The highest BCUT2D eigenvalue weighted by atomic mass is 35.5. The van der Waals surface area contributed by atoms with Gasteiger partial charge >= 0.3 is 0 Å². The number of carbonyl (C=O) groups excluding carboxylic acids is 2. The van der Waals surface area contributed by atoms with Crippen LogP contribution in [-0.2, 0) is 11.8 Å². The third-order valence-electron chi connectivity index (χ3n) is 5.54. The summed E-state index contributed by atoms with van der Waals surface area (Å²) in [5, 5.41) is 4.65. The van der Waals surface area contributed by atoms with Gasteiger partial charge in [-0.1, -0.05) is 23.7 Å². The molecule has 1 unspecified atom stereocenters. The third-order valence-corrected chi connectivity index (χ3v) is 5.87. The third kappa shape index (κ3) is 3.64. The van der Waals surface area contributed by atoms with Gasteiger partial charge in [-0.2, -0.15) is 5.10 Å². The minimum Gasteiger partial charge on any atom is -0.337 e. The van der Waals surface area contributed by atoms with Gasteiger partial charge in [0, 0.05) is 46.0 Å². The van der Waals surface area contributed by atoms with Crippen molar-refractivity contribution >= 4 is 29.1 Å². The molecule has 28 heavy (non-hydrogen) atoms. The molecule has 2 fully saturated rings. The summed E-state index contributed by atoms with van der Waals surface area (Å²) in [4.78, 5) is 31.7. The van der Waals surface area contributed by atoms with Gasteiger partial charge in [0.25, 0.3) is 5.91 Å². The molecule has 0 bridgehead atoms. The minimum absolute atomic E-state index is 0.0396. The van der Waals surface area contributed by atoms with Gasteiger partial charge in [0.1, 0.15) is 0 Å². The number of amides is 2. The van der Waals surface area contributed by atoms with Gasteiger partial charge in [0.2, 0.25) is 5.91 Å². The first-order valence-corrected chi connectivity index (χ1v) is 10.0. The Morgan fingerprint density at radius 3 is 2.71 bits per heavy atom. The minimum atomic E-state index is -0.129. The van der Waals surface area contributed by atoms with Crippen LogP contribution in [0.25, 0.3) is 0 Å². The summed E-state index contributed by atoms with van der Waals surface area (Å²) < 4.78 is 1.71. The zero-order valence-electron chi connectivity index (χ0n) is 15.9. The van der Waals surface area contributed by atoms with E-state index in [1.165, 1.54) is 0 Å². The molecular weight excluding hydrogens is 378 g/mol. The predicted octanol–water partition coefficient (Wildman–Crippen LogP) is 2.03. The van der Waals surface area contributed by atoms with Gasteiger partial charge in [-0.3, -0.25) is 19.2 Å². The summed E-state index contributed by atoms with van der Waals surface area (Å²) in [5.74, 6) is 0.0843. The second kappa shape index (κ2) is 7.93. The SMILES string of the molecule is Cn1cc(N2CCC(N3CCCN(C(=O)c4ccccc4Cl)CC3)C2=O)cn1. The van der Waals surface area contributed by atoms with Gasteiger partial charge in [0.15, 0.2) is 0 Å². The number of hydrogen-bond acceptors (Lipinski definition) is 4. The number of halogens is 1. The standard InChI is InChI=1S/C20H24ClN5O2/c1-23-14-15(13-22-23)26-10-7-18(20(26)28)24-8-4-9-25(12-11-24)19(27)16-5-2-3-6-17(16)21/h2-3,5-6,13-14,18H,4,7-12H2,1H3. The molecule has 2 aliphatic rings. The Labute approximate surface area is 169 Å². The fourth-order valence-corrected chi connectivity index (χ4v) is 4.28. The van der Waals surface area contributed by atoms with Crippen LogP contribution in [0.2, 0.25) is 5.02 Å². The molecule has 2 aliphatic heterocycles. The molecule has 2 aromatic rings. The molecule has 0 N–H and O–H groups in total. The normalized spacial score (nSPS) is 21.2. The molecule has 0 spiro atoms. The van der Waals surface area contributed by atoms with Gasteiger partial charge in [0.05, 0.1) is 28.5 Å². The molecule has 1 atom stereocenters. The monoisotopic (exact) mass is 401 g/mol. The van der Waals surface area contributed by atoms with E-state index in [9.17, 15) is 9.59 Å². The molecule has 2 saturated heterocycles. The van der Waals surface area contributed by atoms with E-state index in [4.69, 9.17) is 11.6 Å². The average Bonchev–Trinajstić information content (AvgIpc) is 3.19. The van der Waals surface area contributed by atoms with Crippen molar-refractivity contribution < 1.29 is 9.59 Å². The number of rotatable bonds is 3. The number of anilines is 1. The first-order valence-electron chi connectivity index (χ1n) is 9.62. The van der Waals surface area contributed by atoms with Crippen molar-refractivity contribution in [2.24, 2.45) is 7.05 Å². The molecule has 0 radical (unpaired) electrons. The quantitative estimate of drug-likeness (QED) is 0.789. The summed E-state index contributed by atoms with van der Waals surface area (Å²) >= 11 is 6.19. The lowest BCUT2D eigenvalue weighted by Crippen LogP contribution is -2.44. The number of aromatic nitrogens is 2. The van der Waals surface area contributed by atoms with E-state index in [-0.39, 0.29) is 17.9 Å². The second-order valence-corrected chi connectivity index (χ2v) is 7.74. The molecule has 8 heteroatoms. The van der Waals surface area contributed by atoms with Crippen LogP contribution in [0.5, 0.6) is 0 Å². The molecule has 0 saturated carbocycles. The Morgan fingerprint density at radius 1 is 1.14 bits per heavy atom. The lowest BCUT2D eigenvalue weighted by molar-refractivity contribution is -0.121. The molecular formula is C20H24ClN5O2. The lowest BCUT2D eigenvalue weighted by atomic mass is 10.2. The Hall–Kier alpha value is -2.38. The summed E-state index contributed by atoms with van der Waals surface area (Å²) in [7, 11) is 1.85. The van der Waals surface area contributed by atoms with Crippen molar-refractivity contribution in [3.8, 4) is 0 Å². The first kappa shape index (κ1) is 19.0. The molecule has 1 aromatic carbocycles. The molecule has 3 heterocycles. The summed E-state index contributed by atoms with van der Waals surface area (Å²) in [5.41, 5.74) is 1.39. The fraction of sp³-hybridized carbons (Fsp3) is 0.450. The predicted molar refractivity (Wildman–Crippen MR) is 108 cm³/mol. The van der Waals surface area contributed by atoms with Crippen molar-refractivity contribution in [2.45, 2.75) is 18.9 Å². The molecule has 7 nitrogen and oxygen atoms in total. The topological polar surface area (TPSA) is 61.7 Å². The van der Waals surface area contributed by atoms with Crippen molar-refractivity contribution in [3.05, 3.63) is 47.2 Å². The summed E-state index contributed by atoms with van der Waals surface area (Å²) in [6, 6.07) is 7.02. The maximum Gasteiger partial charge on any atom is 0.255 e. The van der Waals surface area contributed by atoms with Crippen LogP contribution < -0.4 is 4.90 Å². The number of hydrogen-bond donors (Lipinski definition) is 0. The van der Waals surface area contributed by atoms with Gasteiger partial charge < -0.3 is 9.80 Å². The largest absolute Gasteiger partial charge is 0.337 e. The number of nitrogens with zero attached hydrogens (tertiary/aromatic N) is 5. The van der Waals surface area contributed by atoms with E-state index in [1.54, 1.807) is 23.0 Å². The Kier molecular flexibility index (Phi) is 5.37. The molecule has 1 aromatic heterocycles. The van der Waals surface area contributed by atoms with Gasteiger partial charge in [-0.05, 0) is 25.0 Å². The highest BCUT2D eigenvalue weighted by molar-refractivity contribution is 6.33. The van der Waals surface area contributed by atoms with E-state index in [1.807, 2.05) is 35.2 Å². The van der Waals surface area contributed by atoms with Crippen molar-refractivity contribution in [2.75, 3.05) is 37.6 Å². The maximum absolute atomic E-state index is 13.0. The van der Waals surface area contributed by atoms with Crippen LogP contribution in [0, 0.1) is 0 Å². The van der Waals surface area contributed by atoms with Crippen LogP contribution in [-0.4, -0.2) is 70.2 Å². The zero-order chi connectivity index (χ0) is 19.7. The molecule has 0 aliphatic carbocycles. The van der Waals surface area contributed by atoms with E-state index in [2.05, 4.69) is 10.00 Å². The van der Waals surface area contributed by atoms with Crippen LogP contribution >= 0.6 is 11.6 Å². The van der Waals surface area contributed by atoms with Crippen LogP contribution in [0.1, 0.15) is 23.2 Å². The number of carbonyl (C=O) groups is 2. The van der Waals surface area contributed by atoms with Crippen LogP contribution in [0.15, 0.2) is 36.7 Å². The smallest absolute Gasteiger partial charge is 0.255 e. The average molecular weight is 402 g/mol. The van der Waals surface area contributed by atoms with Gasteiger partial charge in [-0.25, -0.2) is 0 Å². The molecule has 2 amide bonds. The molecule has 148 valence electrons. The van der Waals surface area contributed by atoms with Crippen LogP contribution in [0.4, 0.5) is 5.69 Å². The van der Waals surface area contributed by atoms with E-state index < -0.39 is 0 Å². The van der Waals surface area contributed by atoms with Crippen LogP contribution in [0.3, 0.4) is 0 Å². The van der Waals surface area contributed by atoms with Gasteiger partial charge in [-0.15, -0.1) is 0 Å². The lowest BCUT2D eigenvalue weighted by Gasteiger charge is -2.26. The van der Waals surface area contributed by atoms with Crippen molar-refractivity contribution in [1.82, 2.24) is 19.6 Å². The Balaban J connectivity index is 1.41. The fourth-order valence-electron chi connectivity index (χ4n) is 4.06.